The van der Waals surface area contributed by atoms with Crippen molar-refractivity contribution in [3.63, 3.8) is 0 Å². The number of hydrogen-bond acceptors (Lipinski definition) is 3. The van der Waals surface area contributed by atoms with Gasteiger partial charge in [0, 0.05) is 52.6 Å². The van der Waals surface area contributed by atoms with Gasteiger partial charge in [0.15, 0.2) is 5.96 Å². The Hall–Kier alpha value is -1.02. The fraction of sp³-hybridized carbons (Fsp3) is 0.667. The van der Waals surface area contributed by atoms with Crippen LogP contribution in [0.4, 0.5) is 5.69 Å². The first-order valence-corrected chi connectivity index (χ1v) is 9.96. The molecule has 0 atom stereocenters. The zero-order valence-corrected chi connectivity index (χ0v) is 19.5. The number of nitrogens with zero attached hydrogens (tertiary/aromatic N) is 2. The summed E-state index contributed by atoms with van der Waals surface area (Å²) in [5.41, 5.74) is 1.70. The Bertz CT molecular complexity index is 534. The van der Waals surface area contributed by atoms with Crippen LogP contribution < -0.4 is 15.5 Å². The van der Waals surface area contributed by atoms with Crippen molar-refractivity contribution in [3.05, 3.63) is 30.3 Å². The Morgan fingerprint density at radius 3 is 2.52 bits per heavy atom. The highest BCUT2D eigenvalue weighted by atomic mass is 127. The maximum absolute atomic E-state index is 5.28. The second-order valence-electron chi connectivity index (χ2n) is 7.22. The van der Waals surface area contributed by atoms with Crippen LogP contribution in [0, 0.1) is 5.41 Å². The smallest absolute Gasteiger partial charge is 0.190 e. The molecule has 154 valence electrons. The normalized spacial score (nSPS) is 15.4. The number of benzene rings is 1. The lowest BCUT2D eigenvalue weighted by Crippen LogP contribution is -2.47. The summed E-state index contributed by atoms with van der Waals surface area (Å²) < 4.78 is 5.28. The summed E-state index contributed by atoms with van der Waals surface area (Å²) in [6, 6.07) is 10.6. The molecular formula is C21H37IN4O. The van der Waals surface area contributed by atoms with Crippen molar-refractivity contribution in [2.45, 2.75) is 39.0 Å². The standard InChI is InChI=1S/C21H36N4O.HI/c1-4-25(19-10-6-5-7-11-19)16-9-15-23-20(22-2)24-18-21(12-8-13-21)14-17-26-3;/h5-7,10-11H,4,8-9,12-18H2,1-3H3,(H2,22,23,24);1H. The van der Waals surface area contributed by atoms with E-state index in [9.17, 15) is 0 Å². The first kappa shape index (κ1) is 24.0. The van der Waals surface area contributed by atoms with Crippen LogP contribution in [0.1, 0.15) is 39.0 Å². The molecule has 1 saturated carbocycles. The van der Waals surface area contributed by atoms with Crippen LogP contribution in [0.5, 0.6) is 0 Å². The van der Waals surface area contributed by atoms with Gasteiger partial charge in [-0.3, -0.25) is 4.99 Å². The lowest BCUT2D eigenvalue weighted by atomic mass is 9.67. The zero-order valence-electron chi connectivity index (χ0n) is 17.2. The monoisotopic (exact) mass is 488 g/mol. The molecule has 6 heteroatoms. The van der Waals surface area contributed by atoms with E-state index in [0.717, 1.165) is 51.6 Å². The van der Waals surface area contributed by atoms with Crippen LogP contribution in [0.2, 0.25) is 0 Å². The predicted octanol–water partition coefficient (Wildman–Crippen LogP) is 3.89. The molecule has 0 amide bonds. The minimum absolute atomic E-state index is 0. The highest BCUT2D eigenvalue weighted by Crippen LogP contribution is 2.43. The van der Waals surface area contributed by atoms with Gasteiger partial charge in [0.2, 0.25) is 0 Å². The summed E-state index contributed by atoms with van der Waals surface area (Å²) in [6.45, 7) is 7.04. The summed E-state index contributed by atoms with van der Waals surface area (Å²) in [5, 5.41) is 6.98. The topological polar surface area (TPSA) is 48.9 Å². The number of para-hydroxylation sites is 1. The van der Waals surface area contributed by atoms with Gasteiger partial charge >= 0.3 is 0 Å². The maximum Gasteiger partial charge on any atom is 0.190 e. The molecule has 0 unspecified atom stereocenters. The number of hydrogen-bond donors (Lipinski definition) is 2. The molecule has 0 saturated heterocycles. The lowest BCUT2D eigenvalue weighted by Gasteiger charge is -2.42. The lowest BCUT2D eigenvalue weighted by molar-refractivity contribution is 0.0732. The molecule has 1 aliphatic rings. The molecule has 1 aliphatic carbocycles. The molecule has 1 aromatic carbocycles. The first-order chi connectivity index (χ1) is 12.7. The molecular weight excluding hydrogens is 451 g/mol. The van der Waals surface area contributed by atoms with Gasteiger partial charge in [0.05, 0.1) is 0 Å². The molecule has 0 heterocycles. The molecule has 2 N–H and O–H groups in total. The van der Waals surface area contributed by atoms with Crippen molar-refractivity contribution < 1.29 is 4.74 Å². The van der Waals surface area contributed by atoms with Crippen molar-refractivity contribution >= 4 is 35.6 Å². The first-order valence-electron chi connectivity index (χ1n) is 9.96. The van der Waals surface area contributed by atoms with E-state index in [2.05, 4.69) is 57.8 Å². The summed E-state index contributed by atoms with van der Waals surface area (Å²) in [4.78, 5) is 6.78. The average molecular weight is 488 g/mol. The van der Waals surface area contributed by atoms with Gasteiger partial charge in [0.25, 0.3) is 0 Å². The highest BCUT2D eigenvalue weighted by Gasteiger charge is 2.36. The number of methoxy groups -OCH3 is 1. The van der Waals surface area contributed by atoms with Gasteiger partial charge in [0.1, 0.15) is 0 Å². The van der Waals surface area contributed by atoms with Crippen LogP contribution in [0.25, 0.3) is 0 Å². The maximum atomic E-state index is 5.28. The number of anilines is 1. The number of guanidine groups is 1. The molecule has 0 radical (unpaired) electrons. The molecule has 0 bridgehead atoms. The minimum Gasteiger partial charge on any atom is -0.385 e. The van der Waals surface area contributed by atoms with Crippen molar-refractivity contribution in [1.82, 2.24) is 10.6 Å². The molecule has 5 nitrogen and oxygen atoms in total. The van der Waals surface area contributed by atoms with Gasteiger partial charge in [-0.2, -0.15) is 0 Å². The number of halogens is 1. The molecule has 27 heavy (non-hydrogen) atoms. The third-order valence-electron chi connectivity index (χ3n) is 5.51. The van der Waals surface area contributed by atoms with Crippen molar-refractivity contribution in [2.75, 3.05) is 51.8 Å². The molecule has 0 aliphatic heterocycles. The van der Waals surface area contributed by atoms with Crippen molar-refractivity contribution in [1.29, 1.82) is 0 Å². The van der Waals surface area contributed by atoms with Crippen LogP contribution in [0.15, 0.2) is 35.3 Å². The van der Waals surface area contributed by atoms with Gasteiger partial charge in [-0.1, -0.05) is 24.6 Å². The van der Waals surface area contributed by atoms with Gasteiger partial charge in [-0.15, -0.1) is 24.0 Å². The number of aliphatic imine (C=N–C) groups is 1. The quantitative estimate of drug-likeness (QED) is 0.215. The number of nitrogens with one attached hydrogen (secondary N) is 2. The number of rotatable bonds is 11. The zero-order chi connectivity index (χ0) is 18.7. The van der Waals surface area contributed by atoms with Crippen LogP contribution in [-0.2, 0) is 4.74 Å². The largest absolute Gasteiger partial charge is 0.385 e. The highest BCUT2D eigenvalue weighted by molar-refractivity contribution is 14.0. The van der Waals surface area contributed by atoms with Crippen molar-refractivity contribution in [3.8, 4) is 0 Å². The fourth-order valence-electron chi connectivity index (χ4n) is 3.59. The van der Waals surface area contributed by atoms with Crippen LogP contribution in [0.3, 0.4) is 0 Å². The third-order valence-corrected chi connectivity index (χ3v) is 5.51. The number of ether oxygens (including phenoxy) is 1. The summed E-state index contributed by atoms with van der Waals surface area (Å²) in [6.07, 6.45) is 6.14. The van der Waals surface area contributed by atoms with Gasteiger partial charge in [-0.05, 0) is 50.2 Å². The van der Waals surface area contributed by atoms with E-state index in [1.165, 1.54) is 24.9 Å². The summed E-state index contributed by atoms with van der Waals surface area (Å²) in [5.74, 6) is 0.913. The fourth-order valence-corrected chi connectivity index (χ4v) is 3.59. The van der Waals surface area contributed by atoms with Crippen LogP contribution >= 0.6 is 24.0 Å². The van der Waals surface area contributed by atoms with Crippen molar-refractivity contribution in [2.24, 2.45) is 10.4 Å². The SMILES string of the molecule is CCN(CCCNC(=NC)NCC1(CCOC)CCC1)c1ccccc1.I. The Morgan fingerprint density at radius 2 is 1.96 bits per heavy atom. The predicted molar refractivity (Wildman–Crippen MR) is 127 cm³/mol. The Morgan fingerprint density at radius 1 is 1.22 bits per heavy atom. The molecule has 1 fully saturated rings. The summed E-state index contributed by atoms with van der Waals surface area (Å²) in [7, 11) is 3.63. The Balaban J connectivity index is 0.00000364. The van der Waals surface area contributed by atoms with E-state index < -0.39 is 0 Å². The van der Waals surface area contributed by atoms with E-state index in [0.29, 0.717) is 5.41 Å². The Kier molecular flexibility index (Phi) is 11.7. The van der Waals surface area contributed by atoms with Gasteiger partial charge < -0.3 is 20.3 Å². The van der Waals surface area contributed by atoms with E-state index in [4.69, 9.17) is 4.74 Å². The van der Waals surface area contributed by atoms with E-state index >= 15 is 0 Å². The minimum atomic E-state index is 0. The molecule has 2 rings (SSSR count). The second kappa shape index (κ2) is 13.2. The van der Waals surface area contributed by atoms with Gasteiger partial charge in [-0.25, -0.2) is 0 Å². The second-order valence-corrected chi connectivity index (χ2v) is 7.22. The third kappa shape index (κ3) is 7.86. The molecule has 1 aromatic rings. The molecule has 0 spiro atoms. The van der Waals surface area contributed by atoms with E-state index in [1.807, 2.05) is 7.05 Å². The Labute approximate surface area is 182 Å². The van der Waals surface area contributed by atoms with Crippen LogP contribution in [-0.4, -0.2) is 52.9 Å². The molecule has 0 aromatic heterocycles. The van der Waals surface area contributed by atoms with E-state index in [-0.39, 0.29) is 24.0 Å². The average Bonchev–Trinajstić information content (AvgIpc) is 2.65. The van der Waals surface area contributed by atoms with E-state index in [1.54, 1.807) is 7.11 Å². The summed E-state index contributed by atoms with van der Waals surface area (Å²) >= 11 is 0.